The molecule has 0 aliphatic heterocycles. The minimum Gasteiger partial charge on any atom is -0.406 e. The van der Waals surface area contributed by atoms with Crippen LogP contribution in [0.15, 0.2) is 29.2 Å². The van der Waals surface area contributed by atoms with Crippen molar-refractivity contribution in [1.82, 2.24) is 0 Å². The molecule has 0 saturated heterocycles. The van der Waals surface area contributed by atoms with Crippen LogP contribution in [0, 0.1) is 0 Å². The third-order valence-electron chi connectivity index (χ3n) is 2.43. The summed E-state index contributed by atoms with van der Waals surface area (Å²) in [4.78, 5) is -0.0402. The van der Waals surface area contributed by atoms with Crippen LogP contribution in [0.25, 0.3) is 0 Å². The van der Waals surface area contributed by atoms with Gasteiger partial charge in [0.2, 0.25) is 0 Å². The third-order valence-corrected chi connectivity index (χ3v) is 4.24. The highest BCUT2D eigenvalue weighted by Crippen LogP contribution is 2.24. The third kappa shape index (κ3) is 6.81. The van der Waals surface area contributed by atoms with E-state index in [1.165, 1.54) is 0 Å². The molecule has 0 radical (unpaired) electrons. The Kier molecular flexibility index (Phi) is 6.03. The Morgan fingerprint density at radius 1 is 1.14 bits per heavy atom. The fourth-order valence-corrected chi connectivity index (χ4v) is 2.82. The van der Waals surface area contributed by atoms with Gasteiger partial charge in [-0.05, 0) is 44.5 Å². The molecular weight excluding hydrogens is 309 g/mol. The maximum absolute atomic E-state index is 12.0. The molecule has 0 heterocycles. The molecule has 8 heteroatoms. The van der Waals surface area contributed by atoms with Gasteiger partial charge in [-0.15, -0.1) is 13.2 Å². The van der Waals surface area contributed by atoms with Gasteiger partial charge in [0.15, 0.2) is 9.84 Å². The van der Waals surface area contributed by atoms with Gasteiger partial charge < -0.3 is 9.47 Å². The smallest absolute Gasteiger partial charge is 0.406 e. The molecule has 0 saturated carbocycles. The van der Waals surface area contributed by atoms with Gasteiger partial charge in [-0.3, -0.25) is 0 Å². The van der Waals surface area contributed by atoms with Gasteiger partial charge in [0.25, 0.3) is 0 Å². The molecule has 0 atom stereocenters. The van der Waals surface area contributed by atoms with Crippen molar-refractivity contribution in [3.63, 3.8) is 0 Å². The molecular formula is C13H17F3O4S. The number of ether oxygens (including phenoxy) is 2. The zero-order chi connectivity index (χ0) is 16.1. The molecule has 21 heavy (non-hydrogen) atoms. The Labute approximate surface area is 121 Å². The van der Waals surface area contributed by atoms with E-state index in [9.17, 15) is 21.6 Å². The van der Waals surface area contributed by atoms with Crippen LogP contribution < -0.4 is 4.74 Å². The van der Waals surface area contributed by atoms with Crippen molar-refractivity contribution in [2.45, 2.75) is 37.6 Å². The van der Waals surface area contributed by atoms with E-state index in [1.807, 2.05) is 13.8 Å². The van der Waals surface area contributed by atoms with Crippen LogP contribution in [0.5, 0.6) is 5.75 Å². The van der Waals surface area contributed by atoms with Gasteiger partial charge in [-0.25, -0.2) is 8.42 Å². The van der Waals surface area contributed by atoms with Crippen LogP contribution >= 0.6 is 0 Å². The van der Waals surface area contributed by atoms with Crippen molar-refractivity contribution in [3.05, 3.63) is 24.3 Å². The lowest BCUT2D eigenvalue weighted by molar-refractivity contribution is -0.274. The molecule has 1 aromatic carbocycles. The second-order valence-electron chi connectivity index (χ2n) is 4.61. The lowest BCUT2D eigenvalue weighted by Gasteiger charge is -2.10. The van der Waals surface area contributed by atoms with E-state index in [-0.39, 0.29) is 16.8 Å². The van der Waals surface area contributed by atoms with Crippen LogP contribution in [0.3, 0.4) is 0 Å². The zero-order valence-corrected chi connectivity index (χ0v) is 12.5. The summed E-state index contributed by atoms with van der Waals surface area (Å²) in [6.07, 6.45) is -4.46. The Balaban J connectivity index is 2.63. The predicted molar refractivity (Wildman–Crippen MR) is 70.9 cm³/mol. The molecule has 0 aliphatic carbocycles. The zero-order valence-electron chi connectivity index (χ0n) is 11.7. The lowest BCUT2D eigenvalue weighted by atomic mass is 10.3. The highest BCUT2D eigenvalue weighted by Gasteiger charge is 2.31. The fourth-order valence-electron chi connectivity index (χ4n) is 1.53. The average molecular weight is 326 g/mol. The summed E-state index contributed by atoms with van der Waals surface area (Å²) < 4.78 is 68.8. The Morgan fingerprint density at radius 2 is 1.71 bits per heavy atom. The normalized spacial score (nSPS) is 12.7. The van der Waals surface area contributed by atoms with Crippen LogP contribution in [0.1, 0.15) is 20.3 Å². The quantitative estimate of drug-likeness (QED) is 0.722. The molecule has 0 spiro atoms. The Hall–Kier alpha value is -1.28. The van der Waals surface area contributed by atoms with E-state index in [0.717, 1.165) is 24.3 Å². The van der Waals surface area contributed by atoms with E-state index in [2.05, 4.69) is 4.74 Å². The van der Waals surface area contributed by atoms with Crippen LogP contribution in [-0.4, -0.2) is 33.2 Å². The summed E-state index contributed by atoms with van der Waals surface area (Å²) in [6.45, 7) is 3.99. The first-order chi connectivity index (χ1) is 9.60. The summed E-state index contributed by atoms with van der Waals surface area (Å²) in [5.41, 5.74) is 0. The maximum atomic E-state index is 12.0. The Bertz CT molecular complexity index is 536. The molecule has 4 nitrogen and oxygen atoms in total. The molecule has 0 N–H and O–H groups in total. The standard InChI is InChI=1S/C13H17F3O4S/c1-10(2)19-8-3-9-21(17,18)12-6-4-11(5-7-12)20-13(14,15)16/h4-7,10H,3,8-9H2,1-2H3. The molecule has 0 aromatic heterocycles. The summed E-state index contributed by atoms with van der Waals surface area (Å²) in [6, 6.07) is 4.15. The highest BCUT2D eigenvalue weighted by atomic mass is 32.2. The molecule has 0 fully saturated rings. The van der Waals surface area contributed by atoms with Gasteiger partial charge in [-0.2, -0.15) is 0 Å². The first kappa shape index (κ1) is 17.8. The molecule has 0 bridgehead atoms. The number of benzene rings is 1. The molecule has 1 rings (SSSR count). The SMILES string of the molecule is CC(C)OCCCS(=O)(=O)c1ccc(OC(F)(F)F)cc1. The van der Waals surface area contributed by atoms with Crippen molar-refractivity contribution < 1.29 is 31.1 Å². The van der Waals surface area contributed by atoms with Gasteiger partial charge in [0.05, 0.1) is 16.8 Å². The maximum Gasteiger partial charge on any atom is 0.573 e. The molecule has 0 unspecified atom stereocenters. The van der Waals surface area contributed by atoms with Crippen molar-refractivity contribution >= 4 is 9.84 Å². The Morgan fingerprint density at radius 3 is 2.19 bits per heavy atom. The van der Waals surface area contributed by atoms with E-state index in [0.29, 0.717) is 13.0 Å². The molecule has 120 valence electrons. The number of rotatable bonds is 7. The van der Waals surface area contributed by atoms with Crippen molar-refractivity contribution in [3.8, 4) is 5.75 Å². The number of hydrogen-bond acceptors (Lipinski definition) is 4. The second-order valence-corrected chi connectivity index (χ2v) is 6.72. The van der Waals surface area contributed by atoms with Gasteiger partial charge in [0, 0.05) is 6.61 Å². The number of alkyl halides is 3. The van der Waals surface area contributed by atoms with Crippen LogP contribution in [-0.2, 0) is 14.6 Å². The highest BCUT2D eigenvalue weighted by molar-refractivity contribution is 7.91. The van der Waals surface area contributed by atoms with E-state index >= 15 is 0 Å². The first-order valence-corrected chi connectivity index (χ1v) is 7.95. The molecule has 0 amide bonds. The average Bonchev–Trinajstić information content (AvgIpc) is 2.33. The number of sulfone groups is 1. The monoisotopic (exact) mass is 326 g/mol. The van der Waals surface area contributed by atoms with E-state index in [4.69, 9.17) is 4.74 Å². The summed E-state index contributed by atoms with van der Waals surface area (Å²) in [5, 5.41) is 0. The number of hydrogen-bond donors (Lipinski definition) is 0. The molecule has 1 aromatic rings. The summed E-state index contributed by atoms with van der Waals surface area (Å²) in [7, 11) is -3.54. The topological polar surface area (TPSA) is 52.6 Å². The van der Waals surface area contributed by atoms with Crippen LogP contribution in [0.2, 0.25) is 0 Å². The largest absolute Gasteiger partial charge is 0.573 e. The molecule has 0 aliphatic rings. The van der Waals surface area contributed by atoms with Crippen molar-refractivity contribution in [2.24, 2.45) is 0 Å². The van der Waals surface area contributed by atoms with E-state index in [1.54, 1.807) is 0 Å². The van der Waals surface area contributed by atoms with Crippen LogP contribution in [0.4, 0.5) is 13.2 Å². The second kappa shape index (κ2) is 7.13. The van der Waals surface area contributed by atoms with Crippen molar-refractivity contribution in [1.29, 1.82) is 0 Å². The fraction of sp³-hybridized carbons (Fsp3) is 0.538. The summed E-state index contributed by atoms with van der Waals surface area (Å²) >= 11 is 0. The lowest BCUT2D eigenvalue weighted by Crippen LogP contribution is -2.17. The summed E-state index contributed by atoms with van der Waals surface area (Å²) in [5.74, 6) is -0.580. The predicted octanol–water partition coefficient (Wildman–Crippen LogP) is 3.17. The first-order valence-electron chi connectivity index (χ1n) is 6.30. The minimum absolute atomic E-state index is 0.0199. The van der Waals surface area contributed by atoms with Gasteiger partial charge in [0.1, 0.15) is 5.75 Å². The van der Waals surface area contributed by atoms with Gasteiger partial charge in [-0.1, -0.05) is 0 Å². The number of halogens is 3. The van der Waals surface area contributed by atoms with Crippen molar-refractivity contribution in [2.75, 3.05) is 12.4 Å². The van der Waals surface area contributed by atoms with E-state index < -0.39 is 21.9 Å². The van der Waals surface area contributed by atoms with Gasteiger partial charge >= 0.3 is 6.36 Å². The minimum atomic E-state index is -4.80.